The summed E-state index contributed by atoms with van der Waals surface area (Å²) in [5.74, 6) is 0. The Morgan fingerprint density at radius 3 is 2.23 bits per heavy atom. The molecule has 2 atom stereocenters. The first-order chi connectivity index (χ1) is 10.3. The molecule has 3 N–H and O–H groups in total. The van der Waals surface area contributed by atoms with Gasteiger partial charge in [-0.1, -0.05) is 24.3 Å². The molecule has 0 saturated carbocycles. The lowest BCUT2D eigenvalue weighted by Crippen LogP contribution is -2.37. The van der Waals surface area contributed by atoms with Crippen LogP contribution < -0.4 is 4.90 Å². The van der Waals surface area contributed by atoms with Gasteiger partial charge in [0.25, 0.3) is 10.1 Å². The molecule has 0 aromatic heterocycles. The standard InChI is InChI=1S/C15H15NO5S/c1-9-5-6-10-11(3-2-4-12(10)22(19,20)21)15(9)16-13(17)7-8-14(16)18/h2-8,13-14,17-18H,1H3,(H,19,20,21). The lowest BCUT2D eigenvalue weighted by atomic mass is 10.0. The van der Waals surface area contributed by atoms with Gasteiger partial charge in [-0.15, -0.1) is 0 Å². The highest BCUT2D eigenvalue weighted by Crippen LogP contribution is 2.36. The van der Waals surface area contributed by atoms with E-state index in [2.05, 4.69) is 0 Å². The van der Waals surface area contributed by atoms with Gasteiger partial charge in [0.05, 0.1) is 5.69 Å². The molecule has 1 aliphatic rings. The van der Waals surface area contributed by atoms with Crippen LogP contribution in [0.5, 0.6) is 0 Å². The van der Waals surface area contributed by atoms with E-state index in [1.165, 1.54) is 29.2 Å². The molecule has 2 aromatic rings. The Labute approximate surface area is 127 Å². The Hall–Kier alpha value is -1.93. The Kier molecular flexibility index (Phi) is 3.45. The number of anilines is 1. The molecule has 0 saturated heterocycles. The maximum Gasteiger partial charge on any atom is 0.295 e. The van der Waals surface area contributed by atoms with Crippen LogP contribution in [0.15, 0.2) is 47.4 Å². The summed E-state index contributed by atoms with van der Waals surface area (Å²) in [6.07, 6.45) is 0.896. The van der Waals surface area contributed by atoms with Crippen molar-refractivity contribution in [3.63, 3.8) is 0 Å². The molecule has 22 heavy (non-hydrogen) atoms. The van der Waals surface area contributed by atoms with Crippen LogP contribution in [-0.2, 0) is 10.1 Å². The molecule has 2 aromatic carbocycles. The van der Waals surface area contributed by atoms with Gasteiger partial charge in [0.2, 0.25) is 0 Å². The molecule has 6 nitrogen and oxygen atoms in total. The van der Waals surface area contributed by atoms with Crippen LogP contribution in [0.4, 0.5) is 5.69 Å². The van der Waals surface area contributed by atoms with E-state index < -0.39 is 22.6 Å². The fraction of sp³-hybridized carbons (Fsp3) is 0.200. The van der Waals surface area contributed by atoms with Crippen molar-refractivity contribution in [1.29, 1.82) is 0 Å². The van der Waals surface area contributed by atoms with Crippen LogP contribution in [0.2, 0.25) is 0 Å². The minimum atomic E-state index is -4.37. The quantitative estimate of drug-likeness (QED) is 0.571. The normalized spacial score (nSPS) is 21.7. The van der Waals surface area contributed by atoms with Gasteiger partial charge >= 0.3 is 0 Å². The molecule has 7 heteroatoms. The van der Waals surface area contributed by atoms with Crippen LogP contribution in [0, 0.1) is 6.92 Å². The molecule has 0 bridgehead atoms. The zero-order valence-electron chi connectivity index (χ0n) is 11.7. The fourth-order valence-electron chi connectivity index (χ4n) is 2.80. The molecule has 0 aliphatic carbocycles. The van der Waals surface area contributed by atoms with Crippen molar-refractivity contribution in [2.24, 2.45) is 0 Å². The molecule has 0 amide bonds. The maximum absolute atomic E-state index is 11.5. The van der Waals surface area contributed by atoms with E-state index in [4.69, 9.17) is 0 Å². The third-order valence-corrected chi connectivity index (χ3v) is 4.67. The second-order valence-electron chi connectivity index (χ2n) is 5.18. The zero-order chi connectivity index (χ0) is 16.1. The molecule has 116 valence electrons. The summed E-state index contributed by atoms with van der Waals surface area (Å²) in [6, 6.07) is 7.79. The van der Waals surface area contributed by atoms with Crippen LogP contribution in [0.3, 0.4) is 0 Å². The highest BCUT2D eigenvalue weighted by atomic mass is 32.2. The predicted molar refractivity (Wildman–Crippen MR) is 82.1 cm³/mol. The number of fused-ring (bicyclic) bond motifs is 1. The number of benzene rings is 2. The predicted octanol–water partition coefficient (Wildman–Crippen LogP) is 1.41. The van der Waals surface area contributed by atoms with Gasteiger partial charge in [0.15, 0.2) is 0 Å². The third-order valence-electron chi connectivity index (χ3n) is 3.76. The van der Waals surface area contributed by atoms with Crippen molar-refractivity contribution >= 4 is 26.6 Å². The summed E-state index contributed by atoms with van der Waals surface area (Å²) in [5, 5.41) is 20.9. The van der Waals surface area contributed by atoms with Gasteiger partial charge in [-0.3, -0.25) is 4.55 Å². The molecule has 2 unspecified atom stereocenters. The van der Waals surface area contributed by atoms with E-state index in [9.17, 15) is 23.2 Å². The molecule has 0 spiro atoms. The summed E-state index contributed by atoms with van der Waals surface area (Å²) in [5.41, 5.74) is 1.29. The lowest BCUT2D eigenvalue weighted by molar-refractivity contribution is 0.154. The summed E-state index contributed by atoms with van der Waals surface area (Å²) in [4.78, 5) is 1.17. The largest absolute Gasteiger partial charge is 0.370 e. The van der Waals surface area contributed by atoms with Crippen molar-refractivity contribution in [3.8, 4) is 0 Å². The number of nitrogens with zero attached hydrogens (tertiary/aromatic N) is 1. The van der Waals surface area contributed by atoms with Gasteiger partial charge in [0, 0.05) is 10.8 Å². The molecule has 3 rings (SSSR count). The van der Waals surface area contributed by atoms with Crippen LogP contribution in [0.1, 0.15) is 5.56 Å². The van der Waals surface area contributed by atoms with Crippen molar-refractivity contribution in [1.82, 2.24) is 0 Å². The molecule has 0 radical (unpaired) electrons. The van der Waals surface area contributed by atoms with E-state index in [-0.39, 0.29) is 4.90 Å². The Bertz CT molecular complexity index is 863. The number of aryl methyl sites for hydroxylation is 1. The van der Waals surface area contributed by atoms with Gasteiger partial charge in [0.1, 0.15) is 17.4 Å². The minimum Gasteiger partial charge on any atom is -0.370 e. The Morgan fingerprint density at radius 2 is 1.64 bits per heavy atom. The van der Waals surface area contributed by atoms with Crippen LogP contribution in [0.25, 0.3) is 10.8 Å². The first-order valence-electron chi connectivity index (χ1n) is 6.63. The smallest absolute Gasteiger partial charge is 0.295 e. The fourth-order valence-corrected chi connectivity index (χ4v) is 3.50. The van der Waals surface area contributed by atoms with Crippen LogP contribution >= 0.6 is 0 Å². The topological polar surface area (TPSA) is 98.1 Å². The van der Waals surface area contributed by atoms with Gasteiger partial charge in [-0.25, -0.2) is 0 Å². The highest BCUT2D eigenvalue weighted by molar-refractivity contribution is 7.86. The zero-order valence-corrected chi connectivity index (χ0v) is 12.5. The minimum absolute atomic E-state index is 0.206. The number of rotatable bonds is 2. The second-order valence-corrected chi connectivity index (χ2v) is 6.57. The second kappa shape index (κ2) is 5.06. The average Bonchev–Trinajstić information content (AvgIpc) is 2.77. The average molecular weight is 321 g/mol. The molecule has 1 heterocycles. The summed E-state index contributed by atoms with van der Waals surface area (Å²) < 4.78 is 32.4. The third kappa shape index (κ3) is 2.28. The van der Waals surface area contributed by atoms with Gasteiger partial charge in [-0.05, 0) is 30.7 Å². The van der Waals surface area contributed by atoms with Crippen molar-refractivity contribution in [2.45, 2.75) is 24.3 Å². The monoisotopic (exact) mass is 321 g/mol. The molecular weight excluding hydrogens is 306 g/mol. The van der Waals surface area contributed by atoms with Gasteiger partial charge < -0.3 is 15.1 Å². The lowest BCUT2D eigenvalue weighted by Gasteiger charge is -2.29. The van der Waals surface area contributed by atoms with E-state index in [0.29, 0.717) is 16.5 Å². The van der Waals surface area contributed by atoms with Gasteiger partial charge in [-0.2, -0.15) is 8.42 Å². The van der Waals surface area contributed by atoms with E-state index in [0.717, 1.165) is 5.56 Å². The molecule has 1 aliphatic heterocycles. The number of hydrogen-bond acceptors (Lipinski definition) is 5. The summed E-state index contributed by atoms with van der Waals surface area (Å²) in [6.45, 7) is 1.80. The highest BCUT2D eigenvalue weighted by Gasteiger charge is 2.29. The SMILES string of the molecule is Cc1ccc2c(S(=O)(=O)O)cccc2c1N1C(O)C=CC1O. The van der Waals surface area contributed by atoms with E-state index in [1.54, 1.807) is 25.1 Å². The van der Waals surface area contributed by atoms with Crippen molar-refractivity contribution in [2.75, 3.05) is 4.90 Å². The molecule has 0 fully saturated rings. The van der Waals surface area contributed by atoms with E-state index >= 15 is 0 Å². The van der Waals surface area contributed by atoms with E-state index in [1.807, 2.05) is 0 Å². The first kappa shape index (κ1) is 15.0. The number of hydrogen-bond donors (Lipinski definition) is 3. The molecular formula is C15H15NO5S. The summed E-state index contributed by atoms with van der Waals surface area (Å²) in [7, 11) is -4.37. The van der Waals surface area contributed by atoms with Crippen molar-refractivity contribution < 1.29 is 23.2 Å². The summed E-state index contributed by atoms with van der Waals surface area (Å²) >= 11 is 0. The number of aliphatic hydroxyl groups excluding tert-OH is 2. The Morgan fingerprint density at radius 1 is 1.00 bits per heavy atom. The van der Waals surface area contributed by atoms with Crippen LogP contribution in [-0.4, -0.2) is 35.6 Å². The first-order valence-corrected chi connectivity index (χ1v) is 8.07. The number of aliphatic hydroxyl groups is 2. The Balaban J connectivity index is 2.34. The maximum atomic E-state index is 11.5. The van der Waals surface area contributed by atoms with Crippen molar-refractivity contribution in [3.05, 3.63) is 48.0 Å².